The lowest BCUT2D eigenvalue weighted by Gasteiger charge is -2.39. The summed E-state index contributed by atoms with van der Waals surface area (Å²) in [5, 5.41) is 3.89. The highest BCUT2D eigenvalue weighted by molar-refractivity contribution is 6.32. The number of alkyl halides is 5. The molecule has 0 unspecified atom stereocenters. The third-order valence-corrected chi connectivity index (χ3v) is 6.63. The summed E-state index contributed by atoms with van der Waals surface area (Å²) in [4.78, 5) is 50.6. The van der Waals surface area contributed by atoms with Crippen molar-refractivity contribution >= 4 is 43.1 Å². The van der Waals surface area contributed by atoms with Gasteiger partial charge in [0.2, 0.25) is 11.8 Å². The fraction of sp³-hybridized carbons (Fsp3) is 0.304. The third-order valence-electron chi connectivity index (χ3n) is 6.40. The van der Waals surface area contributed by atoms with Crippen LogP contribution in [0, 0.1) is 0 Å². The first kappa shape index (κ1) is 27.4. The molecule has 2 N–H and O–H groups in total. The van der Waals surface area contributed by atoms with Crippen LogP contribution in [0.1, 0.15) is 39.9 Å². The number of rotatable bonds is 6. The molecule has 38 heavy (non-hydrogen) atoms. The normalized spacial score (nSPS) is 19.7. The molecule has 0 bridgehead atoms. The highest BCUT2D eigenvalue weighted by atomic mass is 35.5. The molecule has 1 saturated heterocycles. The molecule has 2 aromatic rings. The second-order valence-corrected chi connectivity index (χ2v) is 9.42. The van der Waals surface area contributed by atoms with E-state index in [1.807, 2.05) is 5.32 Å². The van der Waals surface area contributed by atoms with Gasteiger partial charge in [-0.1, -0.05) is 23.7 Å². The molecule has 0 radical (unpaired) electrons. The van der Waals surface area contributed by atoms with Gasteiger partial charge in [-0.3, -0.25) is 24.5 Å². The first-order valence-corrected chi connectivity index (χ1v) is 11.5. The van der Waals surface area contributed by atoms with Crippen molar-refractivity contribution in [2.45, 2.75) is 43.7 Å². The van der Waals surface area contributed by atoms with E-state index in [9.17, 15) is 41.1 Å². The number of halogens is 6. The van der Waals surface area contributed by atoms with Crippen LogP contribution in [0.5, 0.6) is 5.75 Å². The molecular formula is C23H18BClF5N3O5. The Bertz CT molecular complexity index is 1360. The van der Waals surface area contributed by atoms with Gasteiger partial charge in [-0.15, -0.1) is 13.2 Å². The van der Waals surface area contributed by atoms with Crippen LogP contribution in [-0.2, 0) is 33.4 Å². The van der Waals surface area contributed by atoms with Crippen LogP contribution in [0.2, 0.25) is 5.02 Å². The molecule has 15 heteroatoms. The van der Waals surface area contributed by atoms with Gasteiger partial charge in [0, 0.05) is 30.1 Å². The number of fused-ring (bicyclic) bond motifs is 1. The largest absolute Gasteiger partial charge is 0.573 e. The number of imide groups is 1. The average molecular weight is 558 g/mol. The fourth-order valence-electron chi connectivity index (χ4n) is 4.31. The topological polar surface area (TPSA) is 105 Å². The van der Waals surface area contributed by atoms with E-state index in [4.69, 9.17) is 11.6 Å². The highest BCUT2D eigenvalue weighted by Crippen LogP contribution is 2.39. The Morgan fingerprint density at radius 1 is 1.13 bits per heavy atom. The van der Waals surface area contributed by atoms with E-state index in [-0.39, 0.29) is 30.0 Å². The molecule has 200 valence electrons. The van der Waals surface area contributed by atoms with Gasteiger partial charge in [-0.05, 0) is 41.8 Å². The van der Waals surface area contributed by atoms with E-state index in [0.29, 0.717) is 23.3 Å². The van der Waals surface area contributed by atoms with E-state index in [2.05, 4.69) is 10.1 Å². The first-order chi connectivity index (χ1) is 17.6. The van der Waals surface area contributed by atoms with Gasteiger partial charge >= 0.3 is 12.3 Å². The van der Waals surface area contributed by atoms with Gasteiger partial charge in [-0.2, -0.15) is 8.78 Å². The number of amides is 4. The van der Waals surface area contributed by atoms with Crippen LogP contribution in [0.4, 0.5) is 22.0 Å². The molecule has 0 spiro atoms. The third kappa shape index (κ3) is 5.17. The number of carbonyl (C=O) groups is 4. The predicted molar refractivity (Wildman–Crippen MR) is 124 cm³/mol. The number of ether oxygens (including phenoxy) is 1. The SMILES string of the molecule is B[C@]1(N2Cc3cc(CNC(=O)C(F)(F)c4ccc(Cl)cc4OC(F)(F)F)ccc3C2=O)CCC(=O)NC1=O. The Balaban J connectivity index is 1.49. The Labute approximate surface area is 217 Å². The van der Waals surface area contributed by atoms with Gasteiger partial charge in [0.05, 0.1) is 11.0 Å². The molecule has 2 aromatic carbocycles. The molecule has 2 aliphatic heterocycles. The van der Waals surface area contributed by atoms with Gasteiger partial charge < -0.3 is 15.0 Å². The standard InChI is InChI=1S/C23H18BClF5N3O5/c24-21(6-5-17(34)32-19(21)36)33-10-12-7-11(1-3-14(12)18(33)35)9-31-20(37)22(26,27)15-4-2-13(25)8-16(15)38-23(28,29)30/h1-4,7-8H,5-6,9-10,24H2,(H,31,37)(H,32,34,36)/t21-/m0/s1. The zero-order chi connectivity index (χ0) is 28.0. The van der Waals surface area contributed by atoms with Crippen molar-refractivity contribution in [3.8, 4) is 5.75 Å². The average Bonchev–Trinajstić information content (AvgIpc) is 3.15. The molecule has 0 saturated carbocycles. The molecule has 1 fully saturated rings. The molecule has 8 nitrogen and oxygen atoms in total. The lowest BCUT2D eigenvalue weighted by molar-refractivity contribution is -0.275. The van der Waals surface area contributed by atoms with Crippen LogP contribution in [-0.4, -0.2) is 48.2 Å². The first-order valence-electron chi connectivity index (χ1n) is 11.1. The minimum absolute atomic E-state index is 0.00708. The fourth-order valence-corrected chi connectivity index (χ4v) is 4.48. The lowest BCUT2D eigenvalue weighted by Crippen LogP contribution is -2.63. The minimum Gasteiger partial charge on any atom is -0.405 e. The van der Waals surface area contributed by atoms with Crippen molar-refractivity contribution in [2.75, 3.05) is 0 Å². The smallest absolute Gasteiger partial charge is 0.405 e. The van der Waals surface area contributed by atoms with E-state index in [0.717, 1.165) is 6.07 Å². The maximum absolute atomic E-state index is 14.8. The van der Waals surface area contributed by atoms with Gasteiger partial charge in [-0.25, -0.2) is 0 Å². The van der Waals surface area contributed by atoms with Crippen molar-refractivity contribution in [3.63, 3.8) is 0 Å². The summed E-state index contributed by atoms with van der Waals surface area (Å²) in [6.07, 6.45) is -5.12. The van der Waals surface area contributed by atoms with E-state index in [1.165, 1.54) is 30.9 Å². The molecular weight excluding hydrogens is 540 g/mol. The number of hydrogen-bond acceptors (Lipinski definition) is 5. The molecule has 4 amide bonds. The Kier molecular flexibility index (Phi) is 6.89. The molecule has 1 atom stereocenters. The molecule has 2 aliphatic rings. The zero-order valence-electron chi connectivity index (χ0n) is 19.5. The summed E-state index contributed by atoms with van der Waals surface area (Å²) in [5.41, 5.74) is -1.54. The summed E-state index contributed by atoms with van der Waals surface area (Å²) < 4.78 is 71.4. The summed E-state index contributed by atoms with van der Waals surface area (Å²) in [6, 6.07) is 6.30. The molecule has 2 heterocycles. The van der Waals surface area contributed by atoms with Crippen molar-refractivity contribution in [1.82, 2.24) is 15.5 Å². The number of nitrogens with one attached hydrogen (secondary N) is 2. The Morgan fingerprint density at radius 2 is 1.84 bits per heavy atom. The summed E-state index contributed by atoms with van der Waals surface area (Å²) in [6.45, 7) is -0.432. The summed E-state index contributed by atoms with van der Waals surface area (Å²) in [5.74, 6) is -9.11. The number of piperidine rings is 1. The number of nitrogens with zero attached hydrogens (tertiary/aromatic N) is 1. The monoisotopic (exact) mass is 557 g/mol. The van der Waals surface area contributed by atoms with Gasteiger partial charge in [0.15, 0.2) is 0 Å². The van der Waals surface area contributed by atoms with E-state index < -0.39 is 59.2 Å². The van der Waals surface area contributed by atoms with Gasteiger partial charge in [0.25, 0.3) is 11.8 Å². The quantitative estimate of drug-likeness (QED) is 0.323. The lowest BCUT2D eigenvalue weighted by atomic mass is 9.70. The second-order valence-electron chi connectivity index (χ2n) is 8.98. The summed E-state index contributed by atoms with van der Waals surface area (Å²) in [7, 11) is 1.54. The van der Waals surface area contributed by atoms with Crippen LogP contribution >= 0.6 is 11.6 Å². The van der Waals surface area contributed by atoms with Crippen molar-refractivity contribution < 1.29 is 45.9 Å². The van der Waals surface area contributed by atoms with Crippen LogP contribution in [0.15, 0.2) is 36.4 Å². The maximum Gasteiger partial charge on any atom is 0.573 e. The van der Waals surface area contributed by atoms with Gasteiger partial charge in [0.1, 0.15) is 13.6 Å². The summed E-state index contributed by atoms with van der Waals surface area (Å²) >= 11 is 5.60. The van der Waals surface area contributed by atoms with Crippen molar-refractivity contribution in [1.29, 1.82) is 0 Å². The maximum atomic E-state index is 14.8. The zero-order valence-corrected chi connectivity index (χ0v) is 20.3. The van der Waals surface area contributed by atoms with Crippen LogP contribution in [0.3, 0.4) is 0 Å². The molecule has 0 aliphatic carbocycles. The van der Waals surface area contributed by atoms with Crippen molar-refractivity contribution in [2.24, 2.45) is 0 Å². The predicted octanol–water partition coefficient (Wildman–Crippen LogP) is 2.37. The number of benzene rings is 2. The Hall–Kier alpha value is -3.68. The molecule has 4 rings (SSSR count). The minimum atomic E-state index is -5.30. The number of carbonyl (C=O) groups excluding carboxylic acids is 4. The number of hydrogen-bond donors (Lipinski definition) is 2. The van der Waals surface area contributed by atoms with Crippen LogP contribution in [0.25, 0.3) is 0 Å². The van der Waals surface area contributed by atoms with E-state index >= 15 is 0 Å². The van der Waals surface area contributed by atoms with Crippen molar-refractivity contribution in [3.05, 3.63) is 63.7 Å². The van der Waals surface area contributed by atoms with E-state index in [1.54, 1.807) is 0 Å². The highest BCUT2D eigenvalue weighted by Gasteiger charge is 2.48. The molecule has 0 aromatic heterocycles. The van der Waals surface area contributed by atoms with Crippen LogP contribution < -0.4 is 15.4 Å². The Morgan fingerprint density at radius 3 is 2.50 bits per heavy atom. The second kappa shape index (κ2) is 9.57.